The second kappa shape index (κ2) is 13.7. The SMILES string of the molecule is CC(C)(C)[Si](OCCCCCCCC(c1ccccc1)c1cccnc1)(c1ccccc1)c1ccccc1. The molecule has 0 N–H and O–H groups in total. The third-order valence-corrected chi connectivity index (χ3v) is 12.7. The molecule has 1 unspecified atom stereocenters. The van der Waals surface area contributed by atoms with Crippen molar-refractivity contribution >= 4 is 18.7 Å². The Bertz CT molecular complexity index is 1110. The van der Waals surface area contributed by atoms with Crippen molar-refractivity contribution in [3.8, 4) is 0 Å². The summed E-state index contributed by atoms with van der Waals surface area (Å²) in [6.45, 7) is 7.87. The zero-order chi connectivity index (χ0) is 26.7. The lowest BCUT2D eigenvalue weighted by Crippen LogP contribution is -2.66. The van der Waals surface area contributed by atoms with Crippen LogP contribution in [0, 0.1) is 0 Å². The van der Waals surface area contributed by atoms with Crippen molar-refractivity contribution in [2.24, 2.45) is 0 Å². The molecule has 0 aliphatic heterocycles. The van der Waals surface area contributed by atoms with Crippen LogP contribution < -0.4 is 10.4 Å². The monoisotopic (exact) mass is 521 g/mol. The number of pyridine rings is 1. The Labute approximate surface area is 231 Å². The van der Waals surface area contributed by atoms with Crippen molar-refractivity contribution in [3.05, 3.63) is 127 Å². The van der Waals surface area contributed by atoms with Gasteiger partial charge in [0.1, 0.15) is 0 Å². The number of hydrogen-bond donors (Lipinski definition) is 0. The molecule has 0 bridgehead atoms. The van der Waals surface area contributed by atoms with Crippen molar-refractivity contribution in [3.63, 3.8) is 0 Å². The Morgan fingerprint density at radius 2 is 1.16 bits per heavy atom. The average molecular weight is 522 g/mol. The normalized spacial score (nSPS) is 12.8. The van der Waals surface area contributed by atoms with E-state index in [-0.39, 0.29) is 5.04 Å². The van der Waals surface area contributed by atoms with Crippen molar-refractivity contribution in [2.45, 2.75) is 70.3 Å². The maximum Gasteiger partial charge on any atom is 0.261 e. The highest BCUT2D eigenvalue weighted by atomic mass is 28.4. The van der Waals surface area contributed by atoms with Crippen molar-refractivity contribution in [1.29, 1.82) is 0 Å². The summed E-state index contributed by atoms with van der Waals surface area (Å²) in [6, 6.07) is 37.1. The summed E-state index contributed by atoms with van der Waals surface area (Å²) in [5, 5.41) is 2.76. The van der Waals surface area contributed by atoms with Crippen LogP contribution in [0.3, 0.4) is 0 Å². The van der Waals surface area contributed by atoms with Crippen molar-refractivity contribution in [1.82, 2.24) is 4.98 Å². The van der Waals surface area contributed by atoms with Gasteiger partial charge in [-0.15, -0.1) is 0 Å². The van der Waals surface area contributed by atoms with E-state index in [0.29, 0.717) is 5.92 Å². The van der Waals surface area contributed by atoms with Gasteiger partial charge in [-0.2, -0.15) is 0 Å². The van der Waals surface area contributed by atoms with E-state index in [2.05, 4.69) is 129 Å². The van der Waals surface area contributed by atoms with Gasteiger partial charge in [-0.05, 0) is 45.4 Å². The lowest BCUT2D eigenvalue weighted by Gasteiger charge is -2.43. The molecule has 4 aromatic rings. The minimum atomic E-state index is -2.42. The topological polar surface area (TPSA) is 22.1 Å². The number of benzene rings is 3. The van der Waals surface area contributed by atoms with Crippen LogP contribution in [0.5, 0.6) is 0 Å². The molecular weight excluding hydrogens is 478 g/mol. The molecule has 1 atom stereocenters. The third kappa shape index (κ3) is 6.89. The molecule has 38 heavy (non-hydrogen) atoms. The molecule has 0 saturated carbocycles. The maximum atomic E-state index is 7.06. The summed E-state index contributed by atoms with van der Waals surface area (Å²) < 4.78 is 7.06. The molecule has 0 amide bonds. The molecule has 1 aromatic heterocycles. The van der Waals surface area contributed by atoms with Crippen LogP contribution in [0.15, 0.2) is 116 Å². The fourth-order valence-electron chi connectivity index (χ4n) is 5.76. The third-order valence-electron chi connectivity index (χ3n) is 7.66. The van der Waals surface area contributed by atoms with Crippen LogP contribution >= 0.6 is 0 Å². The molecule has 3 heteroatoms. The van der Waals surface area contributed by atoms with Gasteiger partial charge >= 0.3 is 0 Å². The summed E-state index contributed by atoms with van der Waals surface area (Å²) in [5.41, 5.74) is 2.71. The molecule has 4 rings (SSSR count). The van der Waals surface area contributed by atoms with E-state index in [9.17, 15) is 0 Å². The number of unbranched alkanes of at least 4 members (excludes halogenated alkanes) is 4. The Hall–Kier alpha value is -3.01. The van der Waals surface area contributed by atoms with E-state index >= 15 is 0 Å². The highest BCUT2D eigenvalue weighted by Crippen LogP contribution is 2.37. The van der Waals surface area contributed by atoms with Gasteiger partial charge in [0.15, 0.2) is 0 Å². The molecule has 3 aromatic carbocycles. The Morgan fingerprint density at radius 1 is 0.632 bits per heavy atom. The largest absolute Gasteiger partial charge is 0.407 e. The summed E-state index contributed by atoms with van der Waals surface area (Å²) >= 11 is 0. The summed E-state index contributed by atoms with van der Waals surface area (Å²) in [5.74, 6) is 0.420. The first kappa shape index (κ1) is 28.0. The van der Waals surface area contributed by atoms with Crippen LogP contribution in [-0.2, 0) is 4.43 Å². The van der Waals surface area contributed by atoms with Crippen LogP contribution in [0.25, 0.3) is 0 Å². The van der Waals surface area contributed by atoms with E-state index in [4.69, 9.17) is 4.43 Å². The molecular formula is C35H43NOSi. The minimum absolute atomic E-state index is 0.0362. The van der Waals surface area contributed by atoms with E-state index in [1.807, 2.05) is 12.4 Å². The second-order valence-corrected chi connectivity index (χ2v) is 15.6. The van der Waals surface area contributed by atoms with Gasteiger partial charge in [-0.3, -0.25) is 4.98 Å². The fourth-order valence-corrected chi connectivity index (χ4v) is 10.4. The van der Waals surface area contributed by atoms with Crippen LogP contribution in [0.1, 0.15) is 76.3 Å². The van der Waals surface area contributed by atoms with E-state index in [0.717, 1.165) is 19.4 Å². The quantitative estimate of drug-likeness (QED) is 0.131. The highest BCUT2D eigenvalue weighted by Gasteiger charge is 2.49. The van der Waals surface area contributed by atoms with Gasteiger partial charge in [0.05, 0.1) is 0 Å². The molecule has 1 heterocycles. The molecule has 0 saturated heterocycles. The molecule has 0 fully saturated rings. The van der Waals surface area contributed by atoms with E-state index in [1.54, 1.807) is 0 Å². The van der Waals surface area contributed by atoms with Crippen LogP contribution in [0.4, 0.5) is 0 Å². The van der Waals surface area contributed by atoms with Gasteiger partial charge in [0.25, 0.3) is 8.32 Å². The Kier molecular flexibility index (Phi) is 10.1. The number of rotatable bonds is 13. The predicted molar refractivity (Wildman–Crippen MR) is 164 cm³/mol. The van der Waals surface area contributed by atoms with Gasteiger partial charge in [-0.1, -0.05) is 144 Å². The maximum absolute atomic E-state index is 7.06. The highest BCUT2D eigenvalue weighted by molar-refractivity contribution is 6.99. The first-order valence-corrected chi connectivity index (χ1v) is 16.1. The standard InChI is InChI=1S/C35H43NOSi/c1-35(2,3)38(32-22-12-8-13-23-32,33-24-14-9-15-25-33)37-28-17-6-4-5-16-26-34(30-19-10-7-11-20-30)31-21-18-27-36-29-31/h7-15,18-25,27,29,34H,4-6,16-17,26,28H2,1-3H3. The molecule has 2 nitrogen and oxygen atoms in total. The lowest BCUT2D eigenvalue weighted by molar-refractivity contribution is 0.286. The zero-order valence-corrected chi connectivity index (χ0v) is 24.4. The molecule has 198 valence electrons. The minimum Gasteiger partial charge on any atom is -0.407 e. The van der Waals surface area contributed by atoms with E-state index < -0.39 is 8.32 Å². The van der Waals surface area contributed by atoms with E-state index in [1.165, 1.54) is 47.2 Å². The van der Waals surface area contributed by atoms with Gasteiger partial charge in [-0.25, -0.2) is 0 Å². The Morgan fingerprint density at radius 3 is 1.71 bits per heavy atom. The van der Waals surface area contributed by atoms with Gasteiger partial charge in [0.2, 0.25) is 0 Å². The van der Waals surface area contributed by atoms with Crippen LogP contribution in [-0.4, -0.2) is 19.9 Å². The zero-order valence-electron chi connectivity index (χ0n) is 23.4. The number of aromatic nitrogens is 1. The van der Waals surface area contributed by atoms with Gasteiger partial charge < -0.3 is 4.43 Å². The number of hydrogen-bond acceptors (Lipinski definition) is 2. The fraction of sp³-hybridized carbons (Fsp3) is 0.343. The summed E-state index contributed by atoms with van der Waals surface area (Å²) in [4.78, 5) is 4.38. The summed E-state index contributed by atoms with van der Waals surface area (Å²) in [6.07, 6.45) is 11.1. The Balaban J connectivity index is 1.32. The molecule has 0 radical (unpaired) electrons. The summed E-state index contributed by atoms with van der Waals surface area (Å²) in [7, 11) is -2.42. The molecule has 0 spiro atoms. The average Bonchev–Trinajstić information content (AvgIpc) is 2.95. The van der Waals surface area contributed by atoms with Gasteiger partial charge in [0, 0.05) is 24.9 Å². The lowest BCUT2D eigenvalue weighted by atomic mass is 9.87. The van der Waals surface area contributed by atoms with Crippen molar-refractivity contribution in [2.75, 3.05) is 6.61 Å². The van der Waals surface area contributed by atoms with Crippen molar-refractivity contribution < 1.29 is 4.43 Å². The predicted octanol–water partition coefficient (Wildman–Crippen LogP) is 8.13. The first-order valence-electron chi connectivity index (χ1n) is 14.2. The number of nitrogens with zero attached hydrogens (tertiary/aromatic N) is 1. The first-order chi connectivity index (χ1) is 18.5. The molecule has 0 aliphatic carbocycles. The molecule has 0 aliphatic rings. The second-order valence-electron chi connectivity index (χ2n) is 11.3. The smallest absolute Gasteiger partial charge is 0.261 e. The van der Waals surface area contributed by atoms with Crippen LogP contribution in [0.2, 0.25) is 5.04 Å².